The Balaban J connectivity index is 1.90. The molecule has 10 heteroatoms. The summed E-state index contributed by atoms with van der Waals surface area (Å²) in [6.07, 6.45) is -4.21. The zero-order valence-corrected chi connectivity index (χ0v) is 19.8. The number of amides is 1. The first kappa shape index (κ1) is 25.7. The van der Waals surface area contributed by atoms with E-state index < -0.39 is 35.7 Å². The first-order valence-electron chi connectivity index (χ1n) is 11.0. The Morgan fingerprint density at radius 2 is 1.68 bits per heavy atom. The number of carbonyl (C=O) groups excluding carboxylic acids is 1. The summed E-state index contributed by atoms with van der Waals surface area (Å²) in [5, 5.41) is 0. The molecule has 1 aromatic heterocycles. The molecule has 0 radical (unpaired) electrons. The summed E-state index contributed by atoms with van der Waals surface area (Å²) in [5.41, 5.74) is 0.576. The van der Waals surface area contributed by atoms with Gasteiger partial charge in [-0.15, -0.1) is 13.2 Å². The van der Waals surface area contributed by atoms with Crippen molar-refractivity contribution in [2.45, 2.75) is 64.7 Å². The van der Waals surface area contributed by atoms with Crippen LogP contribution in [0.5, 0.6) is 5.75 Å². The number of halogens is 4. The molecule has 0 saturated carbocycles. The number of benzene rings is 1. The molecule has 1 aliphatic heterocycles. The fraction of sp³-hybridized carbons (Fsp3) is 0.500. The highest BCUT2D eigenvalue weighted by Crippen LogP contribution is 2.34. The van der Waals surface area contributed by atoms with Crippen LogP contribution in [0.4, 0.5) is 22.4 Å². The number of ether oxygens (including phenoxy) is 2. The smallest absolute Gasteiger partial charge is 0.444 e. The van der Waals surface area contributed by atoms with Gasteiger partial charge in [-0.25, -0.2) is 9.18 Å². The number of hydrogen-bond donors (Lipinski definition) is 0. The molecule has 0 N–H and O–H groups in total. The van der Waals surface area contributed by atoms with Gasteiger partial charge in [0.1, 0.15) is 17.2 Å². The first-order chi connectivity index (χ1) is 15.7. The molecule has 3 atom stereocenters. The number of alkyl halides is 3. The van der Waals surface area contributed by atoms with Crippen LogP contribution in [0.15, 0.2) is 42.6 Å². The van der Waals surface area contributed by atoms with Gasteiger partial charge in [0.15, 0.2) is 0 Å². The van der Waals surface area contributed by atoms with Crippen molar-refractivity contribution in [2.75, 3.05) is 13.1 Å². The van der Waals surface area contributed by atoms with Gasteiger partial charge in [0.2, 0.25) is 0 Å². The molecule has 6 nitrogen and oxygen atoms in total. The molecule has 34 heavy (non-hydrogen) atoms. The highest BCUT2D eigenvalue weighted by Gasteiger charge is 2.39. The van der Waals surface area contributed by atoms with Crippen molar-refractivity contribution in [3.63, 3.8) is 0 Å². The maximum absolute atomic E-state index is 13.6. The summed E-state index contributed by atoms with van der Waals surface area (Å²) >= 11 is 0. The molecule has 1 unspecified atom stereocenters. The third-order valence-corrected chi connectivity index (χ3v) is 5.45. The van der Waals surface area contributed by atoms with Crippen LogP contribution in [0.2, 0.25) is 0 Å². The third kappa shape index (κ3) is 6.59. The largest absolute Gasteiger partial charge is 0.573 e. The Morgan fingerprint density at radius 1 is 1.03 bits per heavy atom. The van der Waals surface area contributed by atoms with Gasteiger partial charge in [-0.3, -0.25) is 9.88 Å². The summed E-state index contributed by atoms with van der Waals surface area (Å²) in [6.45, 7) is 10.1. The van der Waals surface area contributed by atoms with E-state index in [-0.39, 0.29) is 12.1 Å². The van der Waals surface area contributed by atoms with Crippen LogP contribution in [0.1, 0.15) is 51.9 Å². The fourth-order valence-electron chi connectivity index (χ4n) is 4.01. The third-order valence-electron chi connectivity index (χ3n) is 5.45. The van der Waals surface area contributed by atoms with Gasteiger partial charge in [0, 0.05) is 25.2 Å². The standard InChI is InChI=1S/C24H29F4N3O3/c1-15-14-31(22(32)34-23(3,4)5)16(2)13-30(15)21(17-6-8-18(25)9-7-17)20-11-10-19(12-29-20)33-24(26,27)28/h6-12,15-16,21H,13-14H2,1-5H3/t15-,16+,21?/m1/s1. The summed E-state index contributed by atoms with van der Waals surface area (Å²) in [6, 6.07) is 7.75. The summed E-state index contributed by atoms with van der Waals surface area (Å²) in [5.74, 6) is -0.828. The molecule has 0 bridgehead atoms. The van der Waals surface area contributed by atoms with Gasteiger partial charge in [-0.2, -0.15) is 0 Å². The molecule has 1 fully saturated rings. The Hall–Kier alpha value is -2.88. The molecule has 3 rings (SSSR count). The quantitative estimate of drug-likeness (QED) is 0.535. The number of pyridine rings is 1. The van der Waals surface area contributed by atoms with Crippen molar-refractivity contribution in [3.05, 3.63) is 59.7 Å². The van der Waals surface area contributed by atoms with Gasteiger partial charge in [0.25, 0.3) is 0 Å². The van der Waals surface area contributed by atoms with E-state index in [4.69, 9.17) is 4.74 Å². The molecule has 186 valence electrons. The van der Waals surface area contributed by atoms with Crippen LogP contribution >= 0.6 is 0 Å². The highest BCUT2D eigenvalue weighted by atomic mass is 19.4. The van der Waals surface area contributed by atoms with Gasteiger partial charge in [0.05, 0.1) is 17.9 Å². The minimum atomic E-state index is -4.82. The molecule has 1 aliphatic rings. The summed E-state index contributed by atoms with van der Waals surface area (Å²) < 4.78 is 60.8. The van der Waals surface area contributed by atoms with E-state index in [9.17, 15) is 22.4 Å². The van der Waals surface area contributed by atoms with E-state index in [1.165, 1.54) is 24.3 Å². The lowest BCUT2D eigenvalue weighted by Gasteiger charge is -2.47. The first-order valence-corrected chi connectivity index (χ1v) is 11.0. The Kier molecular flexibility index (Phi) is 7.40. The van der Waals surface area contributed by atoms with Gasteiger partial charge >= 0.3 is 12.5 Å². The minimum Gasteiger partial charge on any atom is -0.444 e. The molecule has 2 aromatic rings. The second kappa shape index (κ2) is 9.77. The van der Waals surface area contributed by atoms with E-state index in [1.807, 2.05) is 13.8 Å². The van der Waals surface area contributed by atoms with Gasteiger partial charge < -0.3 is 14.4 Å². The van der Waals surface area contributed by atoms with E-state index in [0.717, 1.165) is 11.8 Å². The van der Waals surface area contributed by atoms with Gasteiger partial charge in [-0.1, -0.05) is 12.1 Å². The lowest BCUT2D eigenvalue weighted by atomic mass is 9.96. The van der Waals surface area contributed by atoms with Crippen molar-refractivity contribution >= 4 is 6.09 Å². The lowest BCUT2D eigenvalue weighted by Crippen LogP contribution is -2.59. The SMILES string of the molecule is C[C@@H]1CN(C(=O)OC(C)(C)C)[C@@H](C)CN1C(c1ccc(F)cc1)c1ccc(OC(F)(F)F)cn1. The van der Waals surface area contributed by atoms with Crippen molar-refractivity contribution in [2.24, 2.45) is 0 Å². The van der Waals surface area contributed by atoms with Crippen molar-refractivity contribution in [1.82, 2.24) is 14.8 Å². The number of rotatable bonds is 4. The predicted molar refractivity (Wildman–Crippen MR) is 118 cm³/mol. The van der Waals surface area contributed by atoms with Crippen LogP contribution in [0.3, 0.4) is 0 Å². The zero-order chi connectivity index (χ0) is 25.3. The molecular weight excluding hydrogens is 454 g/mol. The molecule has 1 amide bonds. The van der Waals surface area contributed by atoms with Crippen molar-refractivity contribution in [3.8, 4) is 5.75 Å². The lowest BCUT2D eigenvalue weighted by molar-refractivity contribution is -0.274. The normalized spacial score (nSPS) is 20.7. The predicted octanol–water partition coefficient (Wildman–Crippen LogP) is 5.54. The topological polar surface area (TPSA) is 54.9 Å². The zero-order valence-electron chi connectivity index (χ0n) is 19.8. The second-order valence-electron chi connectivity index (χ2n) is 9.45. The van der Waals surface area contributed by atoms with E-state index in [0.29, 0.717) is 18.8 Å². The number of nitrogens with zero attached hydrogens (tertiary/aromatic N) is 3. The Bertz CT molecular complexity index is 975. The second-order valence-corrected chi connectivity index (χ2v) is 9.45. The van der Waals surface area contributed by atoms with Crippen LogP contribution in [0.25, 0.3) is 0 Å². The number of piperazine rings is 1. The van der Waals surface area contributed by atoms with E-state index in [2.05, 4.69) is 14.6 Å². The minimum absolute atomic E-state index is 0.147. The number of aromatic nitrogens is 1. The highest BCUT2D eigenvalue weighted by molar-refractivity contribution is 5.68. The van der Waals surface area contributed by atoms with Crippen molar-refractivity contribution < 1.29 is 31.8 Å². The average Bonchev–Trinajstić information content (AvgIpc) is 2.70. The summed E-state index contributed by atoms with van der Waals surface area (Å²) in [4.78, 5) is 20.7. The maximum Gasteiger partial charge on any atom is 0.573 e. The molecule has 1 aromatic carbocycles. The number of hydrogen-bond acceptors (Lipinski definition) is 5. The Morgan fingerprint density at radius 3 is 2.21 bits per heavy atom. The maximum atomic E-state index is 13.6. The van der Waals surface area contributed by atoms with E-state index >= 15 is 0 Å². The van der Waals surface area contributed by atoms with Crippen LogP contribution in [0, 0.1) is 5.82 Å². The van der Waals surface area contributed by atoms with Crippen LogP contribution in [-0.2, 0) is 4.74 Å². The summed E-state index contributed by atoms with van der Waals surface area (Å²) in [7, 11) is 0. The molecule has 1 saturated heterocycles. The average molecular weight is 484 g/mol. The molecular formula is C24H29F4N3O3. The molecule has 0 aliphatic carbocycles. The van der Waals surface area contributed by atoms with Gasteiger partial charge in [-0.05, 0) is 64.4 Å². The van der Waals surface area contributed by atoms with Crippen LogP contribution < -0.4 is 4.74 Å². The Labute approximate surface area is 196 Å². The van der Waals surface area contributed by atoms with Crippen molar-refractivity contribution in [1.29, 1.82) is 0 Å². The number of carbonyl (C=O) groups is 1. The monoisotopic (exact) mass is 483 g/mol. The van der Waals surface area contributed by atoms with E-state index in [1.54, 1.807) is 37.8 Å². The fourth-order valence-corrected chi connectivity index (χ4v) is 4.01. The molecule has 2 heterocycles. The molecule has 0 spiro atoms. The van der Waals surface area contributed by atoms with Crippen LogP contribution in [-0.4, -0.2) is 58.0 Å².